The molecule has 3 aromatic carbocycles. The van der Waals surface area contributed by atoms with Crippen LogP contribution in [0.25, 0.3) is 55.8 Å². The van der Waals surface area contributed by atoms with Crippen LogP contribution in [-0.4, -0.2) is 56.5 Å². The zero-order chi connectivity index (χ0) is 32.7. The van der Waals surface area contributed by atoms with Gasteiger partial charge >= 0.3 is 0 Å². The van der Waals surface area contributed by atoms with Crippen molar-refractivity contribution in [2.24, 2.45) is 0 Å². The number of aryl methyl sites for hydroxylation is 1. The van der Waals surface area contributed by atoms with Crippen LogP contribution >= 0.6 is 0 Å². The summed E-state index contributed by atoms with van der Waals surface area (Å²) in [4.78, 5) is 29.1. The SMILES string of the molecule is CS(=O)(=O)CCc1cc(F)cc(-c2ccnc3[nH]c(-c4n[nH]c5ccc(-c6cncc(NC(=O)c7ccccc7)c6)c(F)c45)nc23)c1. The fourth-order valence-electron chi connectivity index (χ4n) is 5.42. The van der Waals surface area contributed by atoms with Crippen molar-refractivity contribution >= 4 is 43.5 Å². The quantitative estimate of drug-likeness (QED) is 0.174. The normalized spacial score (nSPS) is 11.7. The molecule has 0 atom stereocenters. The molecular weight excluding hydrogens is 624 g/mol. The number of sulfone groups is 1. The molecule has 7 rings (SSSR count). The number of rotatable bonds is 8. The lowest BCUT2D eigenvalue weighted by Crippen LogP contribution is -2.11. The fourth-order valence-corrected chi connectivity index (χ4v) is 6.03. The van der Waals surface area contributed by atoms with E-state index in [1.807, 2.05) is 6.07 Å². The van der Waals surface area contributed by atoms with Crippen molar-refractivity contribution in [1.82, 2.24) is 30.1 Å². The average molecular weight is 650 g/mol. The number of H-pyrrole nitrogens is 2. The van der Waals surface area contributed by atoms with Gasteiger partial charge in [0.1, 0.15) is 32.7 Å². The Kier molecular flexibility index (Phi) is 7.52. The van der Waals surface area contributed by atoms with Crippen molar-refractivity contribution in [3.8, 4) is 33.8 Å². The Labute approximate surface area is 266 Å². The number of imidazole rings is 1. The van der Waals surface area contributed by atoms with Crippen molar-refractivity contribution < 1.29 is 22.0 Å². The summed E-state index contributed by atoms with van der Waals surface area (Å²) in [7, 11) is -3.24. The van der Waals surface area contributed by atoms with Crippen LogP contribution in [0.2, 0.25) is 0 Å². The molecule has 0 aliphatic heterocycles. The van der Waals surface area contributed by atoms with Gasteiger partial charge in [-0.2, -0.15) is 5.10 Å². The number of benzene rings is 3. The van der Waals surface area contributed by atoms with Crippen LogP contribution in [0, 0.1) is 11.6 Å². The number of nitrogens with zero attached hydrogens (tertiary/aromatic N) is 4. The summed E-state index contributed by atoms with van der Waals surface area (Å²) in [5.41, 5.74) is 4.53. The number of halogens is 2. The molecule has 0 saturated carbocycles. The first kappa shape index (κ1) is 29.9. The molecular formula is C34H25F2N7O3S. The lowest BCUT2D eigenvalue weighted by atomic mass is 10.0. The largest absolute Gasteiger partial charge is 0.321 e. The number of aromatic amines is 2. The number of pyridine rings is 2. The summed E-state index contributed by atoms with van der Waals surface area (Å²) in [6.45, 7) is 0. The maximum atomic E-state index is 16.3. The maximum absolute atomic E-state index is 16.3. The molecule has 0 spiro atoms. The van der Waals surface area contributed by atoms with Gasteiger partial charge in [0.15, 0.2) is 11.5 Å². The Hall–Kier alpha value is -5.82. The van der Waals surface area contributed by atoms with Crippen molar-refractivity contribution in [2.45, 2.75) is 6.42 Å². The number of nitrogens with one attached hydrogen (secondary N) is 3. The minimum atomic E-state index is -3.24. The Morgan fingerprint density at radius 3 is 2.57 bits per heavy atom. The number of amides is 1. The van der Waals surface area contributed by atoms with Gasteiger partial charge in [0, 0.05) is 40.9 Å². The highest BCUT2D eigenvalue weighted by Crippen LogP contribution is 2.36. The van der Waals surface area contributed by atoms with Crippen molar-refractivity contribution in [1.29, 1.82) is 0 Å². The second kappa shape index (κ2) is 11.8. The molecule has 0 aliphatic carbocycles. The second-order valence-corrected chi connectivity index (χ2v) is 13.3. The summed E-state index contributed by atoms with van der Waals surface area (Å²) in [5.74, 6) is -1.29. The number of anilines is 1. The summed E-state index contributed by atoms with van der Waals surface area (Å²) < 4.78 is 54.3. The van der Waals surface area contributed by atoms with E-state index in [0.29, 0.717) is 50.2 Å². The van der Waals surface area contributed by atoms with Crippen molar-refractivity contribution in [3.05, 3.63) is 114 Å². The van der Waals surface area contributed by atoms with E-state index in [9.17, 15) is 17.6 Å². The highest BCUT2D eigenvalue weighted by Gasteiger charge is 2.21. The standard InChI is InChI=1S/C34H25F2N7O3S/c1-47(45,46)12-10-19-13-21(15-23(35)14-19)26-9-11-38-32-30(26)40-33(41-32)31-28-27(42-43-31)8-7-25(29(28)36)22-16-24(18-37-17-22)39-34(44)20-5-3-2-4-6-20/h2-9,11,13-18H,10,12H2,1H3,(H,39,44)(H,42,43)(H,38,40,41). The second-order valence-electron chi connectivity index (χ2n) is 11.1. The summed E-state index contributed by atoms with van der Waals surface area (Å²) in [6, 6.07) is 19.7. The predicted molar refractivity (Wildman–Crippen MR) is 175 cm³/mol. The molecule has 0 saturated heterocycles. The molecule has 1 amide bonds. The molecule has 13 heteroatoms. The van der Waals surface area contributed by atoms with Crippen LogP contribution in [0.5, 0.6) is 0 Å². The van der Waals surface area contributed by atoms with Crippen LogP contribution in [-0.2, 0) is 16.3 Å². The Morgan fingerprint density at radius 1 is 0.936 bits per heavy atom. The molecule has 0 radical (unpaired) electrons. The molecule has 10 nitrogen and oxygen atoms in total. The third-order valence-corrected chi connectivity index (χ3v) is 8.59. The molecule has 3 N–H and O–H groups in total. The van der Waals surface area contributed by atoms with Crippen LogP contribution in [0.15, 0.2) is 91.4 Å². The monoisotopic (exact) mass is 649 g/mol. The summed E-state index contributed by atoms with van der Waals surface area (Å²) in [6.07, 6.45) is 5.82. The molecule has 4 heterocycles. The summed E-state index contributed by atoms with van der Waals surface area (Å²) >= 11 is 0. The first-order valence-corrected chi connectivity index (χ1v) is 16.5. The van der Waals surface area contributed by atoms with Crippen LogP contribution in [0.4, 0.5) is 14.5 Å². The van der Waals surface area contributed by atoms with E-state index in [-0.39, 0.29) is 40.5 Å². The number of carbonyl (C=O) groups is 1. The third kappa shape index (κ3) is 6.08. The van der Waals surface area contributed by atoms with E-state index >= 15 is 4.39 Å². The van der Waals surface area contributed by atoms with Crippen LogP contribution in [0.1, 0.15) is 15.9 Å². The number of carbonyl (C=O) groups excluding carboxylic acids is 1. The van der Waals surface area contributed by atoms with E-state index in [2.05, 4.69) is 30.5 Å². The van der Waals surface area contributed by atoms with Gasteiger partial charge in [0.2, 0.25) is 0 Å². The first-order chi connectivity index (χ1) is 22.6. The molecule has 0 fully saturated rings. The van der Waals surface area contributed by atoms with Crippen molar-refractivity contribution in [2.75, 3.05) is 17.3 Å². The van der Waals surface area contributed by atoms with Gasteiger partial charge < -0.3 is 10.3 Å². The third-order valence-electron chi connectivity index (χ3n) is 7.65. The van der Waals surface area contributed by atoms with Gasteiger partial charge in [-0.25, -0.2) is 27.2 Å². The predicted octanol–water partition coefficient (Wildman–Crippen LogP) is 6.35. The molecule has 0 bridgehead atoms. The van der Waals surface area contributed by atoms with Gasteiger partial charge in [-0.1, -0.05) is 24.3 Å². The summed E-state index contributed by atoms with van der Waals surface area (Å²) in [5, 5.41) is 10.2. The maximum Gasteiger partial charge on any atom is 0.255 e. The smallest absolute Gasteiger partial charge is 0.255 e. The van der Waals surface area contributed by atoms with E-state index in [1.165, 1.54) is 24.5 Å². The van der Waals surface area contributed by atoms with E-state index in [4.69, 9.17) is 4.98 Å². The van der Waals surface area contributed by atoms with Crippen molar-refractivity contribution in [3.63, 3.8) is 0 Å². The molecule has 234 valence electrons. The lowest BCUT2D eigenvalue weighted by molar-refractivity contribution is 0.102. The molecule has 7 aromatic rings. The molecule has 47 heavy (non-hydrogen) atoms. The van der Waals surface area contributed by atoms with E-state index < -0.39 is 21.5 Å². The highest BCUT2D eigenvalue weighted by molar-refractivity contribution is 7.90. The van der Waals surface area contributed by atoms with Gasteiger partial charge in [0.25, 0.3) is 5.91 Å². The zero-order valence-corrected chi connectivity index (χ0v) is 25.6. The van der Waals surface area contributed by atoms with Crippen LogP contribution < -0.4 is 5.32 Å². The molecule has 4 aromatic heterocycles. The first-order valence-electron chi connectivity index (χ1n) is 14.4. The van der Waals surface area contributed by atoms with Gasteiger partial charge in [-0.05, 0) is 66.1 Å². The Balaban J connectivity index is 1.25. The number of hydrogen-bond acceptors (Lipinski definition) is 7. The minimum absolute atomic E-state index is 0.114. The molecule has 0 aliphatic rings. The lowest BCUT2D eigenvalue weighted by Gasteiger charge is -2.09. The molecule has 0 unspecified atom stereocenters. The number of aromatic nitrogens is 6. The fraction of sp³-hybridized carbons (Fsp3) is 0.0882. The van der Waals surface area contributed by atoms with Gasteiger partial charge in [-0.3, -0.25) is 14.9 Å². The Morgan fingerprint density at radius 2 is 1.77 bits per heavy atom. The zero-order valence-electron chi connectivity index (χ0n) is 24.8. The van der Waals surface area contributed by atoms with E-state index in [1.54, 1.807) is 60.8 Å². The van der Waals surface area contributed by atoms with Gasteiger partial charge in [0.05, 0.1) is 28.5 Å². The Bertz CT molecular complexity index is 2430. The number of fused-ring (bicyclic) bond motifs is 2. The van der Waals surface area contributed by atoms with Crippen LogP contribution in [0.3, 0.4) is 0 Å². The van der Waals surface area contributed by atoms with Gasteiger partial charge in [-0.15, -0.1) is 0 Å². The highest BCUT2D eigenvalue weighted by atomic mass is 32.2. The number of hydrogen-bond donors (Lipinski definition) is 3. The topological polar surface area (TPSA) is 146 Å². The average Bonchev–Trinajstić information content (AvgIpc) is 3.69. The van der Waals surface area contributed by atoms with E-state index in [0.717, 1.165) is 6.26 Å². The minimum Gasteiger partial charge on any atom is -0.321 e.